The van der Waals surface area contributed by atoms with Crippen LogP contribution >= 0.6 is 0 Å². The van der Waals surface area contributed by atoms with Crippen LogP contribution < -0.4 is 10.1 Å². The van der Waals surface area contributed by atoms with Gasteiger partial charge in [0.25, 0.3) is 0 Å². The molecule has 2 heterocycles. The number of aliphatic hydroxyl groups excluding tert-OH is 1. The molecule has 2 atom stereocenters. The Labute approximate surface area is 149 Å². The SMILES string of the molecule is CN=C(NCC(O)c1ccc(OC)cc1)N1CCC(N2CC=CC2)C1. The fourth-order valence-corrected chi connectivity index (χ4v) is 3.49. The minimum atomic E-state index is -0.580. The van der Waals surface area contributed by atoms with Gasteiger partial charge < -0.3 is 20.1 Å². The number of benzene rings is 1. The van der Waals surface area contributed by atoms with Crippen molar-refractivity contribution < 1.29 is 9.84 Å². The predicted molar refractivity (Wildman–Crippen MR) is 100 cm³/mol. The molecule has 1 aromatic carbocycles. The van der Waals surface area contributed by atoms with Crippen molar-refractivity contribution in [1.82, 2.24) is 15.1 Å². The number of guanidine groups is 1. The predicted octanol–water partition coefficient (Wildman–Crippen LogP) is 1.25. The van der Waals surface area contributed by atoms with Crippen molar-refractivity contribution in [2.75, 3.05) is 46.9 Å². The second kappa shape index (κ2) is 8.36. The molecule has 2 unspecified atom stereocenters. The quantitative estimate of drug-likeness (QED) is 0.478. The topological polar surface area (TPSA) is 60.3 Å². The van der Waals surface area contributed by atoms with E-state index in [0.29, 0.717) is 12.6 Å². The van der Waals surface area contributed by atoms with E-state index in [9.17, 15) is 5.11 Å². The Balaban J connectivity index is 1.50. The molecule has 6 heteroatoms. The lowest BCUT2D eigenvalue weighted by Crippen LogP contribution is -2.43. The van der Waals surface area contributed by atoms with E-state index in [0.717, 1.165) is 49.9 Å². The summed E-state index contributed by atoms with van der Waals surface area (Å²) in [5.41, 5.74) is 0.867. The van der Waals surface area contributed by atoms with Gasteiger partial charge in [0.05, 0.1) is 13.2 Å². The average Bonchev–Trinajstić information content (AvgIpc) is 3.34. The molecule has 1 fully saturated rings. The lowest BCUT2D eigenvalue weighted by molar-refractivity contribution is 0.179. The summed E-state index contributed by atoms with van der Waals surface area (Å²) in [5, 5.41) is 13.7. The lowest BCUT2D eigenvalue weighted by Gasteiger charge is -2.26. The number of rotatable bonds is 5. The molecule has 0 aliphatic carbocycles. The van der Waals surface area contributed by atoms with E-state index in [1.165, 1.54) is 0 Å². The number of hydrogen-bond donors (Lipinski definition) is 2. The summed E-state index contributed by atoms with van der Waals surface area (Å²) in [5.74, 6) is 1.65. The monoisotopic (exact) mass is 344 g/mol. The van der Waals surface area contributed by atoms with E-state index in [4.69, 9.17) is 4.74 Å². The van der Waals surface area contributed by atoms with Gasteiger partial charge in [-0.1, -0.05) is 24.3 Å². The number of methoxy groups -OCH3 is 1. The number of ether oxygens (including phenoxy) is 1. The Morgan fingerprint density at radius 2 is 2.04 bits per heavy atom. The van der Waals surface area contributed by atoms with Crippen LogP contribution in [0.2, 0.25) is 0 Å². The molecule has 0 radical (unpaired) electrons. The van der Waals surface area contributed by atoms with Gasteiger partial charge in [-0.15, -0.1) is 0 Å². The average molecular weight is 344 g/mol. The maximum atomic E-state index is 10.4. The third kappa shape index (κ3) is 4.32. The number of aliphatic hydroxyl groups is 1. The van der Waals surface area contributed by atoms with Crippen LogP contribution in [0.1, 0.15) is 18.1 Å². The number of likely N-dealkylation sites (tertiary alicyclic amines) is 1. The molecular formula is C19H28N4O2. The molecular weight excluding hydrogens is 316 g/mol. The molecule has 0 spiro atoms. The highest BCUT2D eigenvalue weighted by molar-refractivity contribution is 5.80. The summed E-state index contributed by atoms with van der Waals surface area (Å²) in [4.78, 5) is 9.17. The van der Waals surface area contributed by atoms with Gasteiger partial charge >= 0.3 is 0 Å². The van der Waals surface area contributed by atoms with Crippen LogP contribution in [-0.4, -0.2) is 73.8 Å². The van der Waals surface area contributed by atoms with Gasteiger partial charge in [0.15, 0.2) is 5.96 Å². The van der Waals surface area contributed by atoms with Gasteiger partial charge in [-0.25, -0.2) is 0 Å². The maximum absolute atomic E-state index is 10.4. The van der Waals surface area contributed by atoms with E-state index >= 15 is 0 Å². The molecule has 25 heavy (non-hydrogen) atoms. The van der Waals surface area contributed by atoms with Crippen LogP contribution in [0.4, 0.5) is 0 Å². The van der Waals surface area contributed by atoms with Crippen molar-refractivity contribution >= 4 is 5.96 Å². The summed E-state index contributed by atoms with van der Waals surface area (Å²) >= 11 is 0. The first-order valence-electron chi connectivity index (χ1n) is 8.88. The molecule has 0 amide bonds. The minimum absolute atomic E-state index is 0.436. The second-order valence-electron chi connectivity index (χ2n) is 6.53. The Morgan fingerprint density at radius 3 is 2.68 bits per heavy atom. The van der Waals surface area contributed by atoms with Gasteiger partial charge in [-0.05, 0) is 24.1 Å². The minimum Gasteiger partial charge on any atom is -0.497 e. The zero-order chi connectivity index (χ0) is 17.6. The third-order valence-corrected chi connectivity index (χ3v) is 4.99. The summed E-state index contributed by atoms with van der Waals surface area (Å²) in [6.45, 7) is 4.53. The van der Waals surface area contributed by atoms with Crippen LogP contribution in [0.3, 0.4) is 0 Å². The fraction of sp³-hybridized carbons (Fsp3) is 0.526. The summed E-state index contributed by atoms with van der Waals surface area (Å²) in [6, 6.07) is 8.09. The van der Waals surface area contributed by atoms with E-state index in [2.05, 4.69) is 32.3 Å². The first-order valence-corrected chi connectivity index (χ1v) is 8.88. The van der Waals surface area contributed by atoms with Crippen LogP contribution in [0.25, 0.3) is 0 Å². The molecule has 2 aliphatic heterocycles. The molecule has 0 saturated carbocycles. The zero-order valence-corrected chi connectivity index (χ0v) is 15.1. The standard InChI is InChI=1S/C19H28N4O2/c1-20-19(23-12-9-16(14-23)22-10-3-4-11-22)21-13-18(24)15-5-7-17(25-2)8-6-15/h3-8,16,18,24H,9-14H2,1-2H3,(H,20,21). The van der Waals surface area contributed by atoms with Gasteiger partial charge in [-0.2, -0.15) is 0 Å². The summed E-state index contributed by atoms with van der Waals surface area (Å²) in [6.07, 6.45) is 5.05. The van der Waals surface area contributed by atoms with E-state index in [1.54, 1.807) is 14.2 Å². The third-order valence-electron chi connectivity index (χ3n) is 4.99. The van der Waals surface area contributed by atoms with Crippen molar-refractivity contribution in [1.29, 1.82) is 0 Å². The van der Waals surface area contributed by atoms with E-state index in [-0.39, 0.29) is 0 Å². The van der Waals surface area contributed by atoms with Crippen molar-refractivity contribution in [3.63, 3.8) is 0 Å². The summed E-state index contributed by atoms with van der Waals surface area (Å²) < 4.78 is 5.15. The summed E-state index contributed by atoms with van der Waals surface area (Å²) in [7, 11) is 3.44. The molecule has 2 N–H and O–H groups in total. The zero-order valence-electron chi connectivity index (χ0n) is 15.1. The number of nitrogens with one attached hydrogen (secondary N) is 1. The smallest absolute Gasteiger partial charge is 0.193 e. The van der Waals surface area contributed by atoms with Gasteiger partial charge in [0.1, 0.15) is 5.75 Å². The molecule has 3 rings (SSSR count). The number of nitrogens with zero attached hydrogens (tertiary/aromatic N) is 3. The highest BCUT2D eigenvalue weighted by atomic mass is 16.5. The van der Waals surface area contributed by atoms with Crippen LogP contribution in [-0.2, 0) is 0 Å². The lowest BCUT2D eigenvalue weighted by atomic mass is 10.1. The molecule has 136 valence electrons. The van der Waals surface area contributed by atoms with Gasteiger partial charge in [0.2, 0.25) is 0 Å². The molecule has 0 bridgehead atoms. The normalized spacial score (nSPS) is 22.4. The molecule has 1 saturated heterocycles. The molecule has 0 aromatic heterocycles. The molecule has 6 nitrogen and oxygen atoms in total. The fourth-order valence-electron chi connectivity index (χ4n) is 3.49. The largest absolute Gasteiger partial charge is 0.497 e. The van der Waals surface area contributed by atoms with Gasteiger partial charge in [0, 0.05) is 45.8 Å². The van der Waals surface area contributed by atoms with Crippen LogP contribution in [0.5, 0.6) is 5.75 Å². The van der Waals surface area contributed by atoms with E-state index in [1.807, 2.05) is 24.3 Å². The first-order chi connectivity index (χ1) is 12.2. The Morgan fingerprint density at radius 1 is 1.32 bits per heavy atom. The number of aliphatic imine (C=N–C) groups is 1. The van der Waals surface area contributed by atoms with Gasteiger partial charge in [-0.3, -0.25) is 9.89 Å². The van der Waals surface area contributed by atoms with Crippen molar-refractivity contribution in [3.05, 3.63) is 42.0 Å². The number of hydrogen-bond acceptors (Lipinski definition) is 4. The highest BCUT2D eigenvalue weighted by Crippen LogP contribution is 2.19. The Kier molecular flexibility index (Phi) is 5.94. The molecule has 2 aliphatic rings. The molecule has 1 aromatic rings. The van der Waals surface area contributed by atoms with Crippen LogP contribution in [0.15, 0.2) is 41.4 Å². The van der Waals surface area contributed by atoms with Crippen molar-refractivity contribution in [2.24, 2.45) is 4.99 Å². The van der Waals surface area contributed by atoms with Crippen molar-refractivity contribution in [3.8, 4) is 5.75 Å². The Bertz CT molecular complexity index is 606. The first kappa shape index (κ1) is 17.8. The van der Waals surface area contributed by atoms with Crippen LogP contribution in [0, 0.1) is 0 Å². The van der Waals surface area contributed by atoms with Crippen molar-refractivity contribution in [2.45, 2.75) is 18.6 Å². The van der Waals surface area contributed by atoms with E-state index < -0.39 is 6.10 Å². The Hall–Kier alpha value is -2.05. The second-order valence-corrected chi connectivity index (χ2v) is 6.53. The highest BCUT2D eigenvalue weighted by Gasteiger charge is 2.29. The maximum Gasteiger partial charge on any atom is 0.193 e.